The first kappa shape index (κ1) is 23.8. The second kappa shape index (κ2) is 9.48. The number of carbonyl (C=O) groups is 1. The van der Waals surface area contributed by atoms with E-state index < -0.39 is 0 Å². The Hall–Kier alpha value is -3.27. The van der Waals surface area contributed by atoms with Crippen molar-refractivity contribution in [3.63, 3.8) is 0 Å². The maximum absolute atomic E-state index is 13.1. The van der Waals surface area contributed by atoms with Crippen LogP contribution in [0.2, 0.25) is 0 Å². The average molecular weight is 532 g/mol. The van der Waals surface area contributed by atoms with E-state index in [1.807, 2.05) is 36.0 Å². The van der Waals surface area contributed by atoms with E-state index in [0.717, 1.165) is 79.0 Å². The minimum atomic E-state index is 0.217. The Morgan fingerprint density at radius 2 is 1.79 bits per heavy atom. The van der Waals surface area contributed by atoms with Crippen LogP contribution in [0.15, 0.2) is 40.9 Å². The normalized spacial score (nSPS) is 20.8. The summed E-state index contributed by atoms with van der Waals surface area (Å²) in [7, 11) is 1.97. The highest BCUT2D eigenvalue weighted by molar-refractivity contribution is 8.01. The first-order valence-electron chi connectivity index (χ1n) is 13.7. The van der Waals surface area contributed by atoms with Crippen molar-refractivity contribution in [1.82, 2.24) is 20.1 Å². The van der Waals surface area contributed by atoms with Gasteiger partial charge in [-0.15, -0.1) is 10.2 Å². The van der Waals surface area contributed by atoms with Gasteiger partial charge in [0.1, 0.15) is 5.82 Å². The molecule has 8 rings (SSSR count). The van der Waals surface area contributed by atoms with Crippen molar-refractivity contribution in [3.05, 3.63) is 36.5 Å². The molecule has 2 saturated heterocycles. The third-order valence-electron chi connectivity index (χ3n) is 8.52. The van der Waals surface area contributed by atoms with Crippen LogP contribution >= 0.6 is 11.9 Å². The predicted octanol–water partition coefficient (Wildman–Crippen LogP) is 4.68. The van der Waals surface area contributed by atoms with Gasteiger partial charge in [0, 0.05) is 68.9 Å². The van der Waals surface area contributed by atoms with Crippen molar-refractivity contribution < 1.29 is 9.21 Å². The van der Waals surface area contributed by atoms with Gasteiger partial charge in [-0.25, -0.2) is 4.98 Å². The number of benzene rings is 1. The van der Waals surface area contributed by atoms with E-state index in [1.54, 1.807) is 6.20 Å². The number of piperidine rings is 1. The highest BCUT2D eigenvalue weighted by Crippen LogP contribution is 2.44. The summed E-state index contributed by atoms with van der Waals surface area (Å²) < 4.78 is 9.82. The van der Waals surface area contributed by atoms with Crippen LogP contribution in [-0.2, 0) is 4.79 Å². The number of nitrogens with one attached hydrogen (secondary N) is 1. The van der Waals surface area contributed by atoms with Crippen molar-refractivity contribution in [3.8, 4) is 22.9 Å². The molecule has 0 atom stereocenters. The highest BCUT2D eigenvalue weighted by Gasteiger charge is 2.42. The van der Waals surface area contributed by atoms with Crippen LogP contribution in [0, 0.1) is 5.41 Å². The quantitative estimate of drug-likeness (QED) is 0.484. The monoisotopic (exact) mass is 531 g/mol. The van der Waals surface area contributed by atoms with Crippen molar-refractivity contribution in [2.75, 3.05) is 54.3 Å². The Balaban J connectivity index is 1.27. The molecule has 7 bridgehead atoms. The van der Waals surface area contributed by atoms with Gasteiger partial charge in [0.2, 0.25) is 17.7 Å². The number of hydrogen-bond donors (Lipinski definition) is 1. The summed E-state index contributed by atoms with van der Waals surface area (Å²) in [5.41, 5.74) is 4.21. The number of fused-ring (bicyclic) bond motifs is 5. The topological polar surface area (TPSA) is 90.6 Å². The summed E-state index contributed by atoms with van der Waals surface area (Å²) in [6, 6.07) is 10.3. The number of carbonyl (C=O) groups excluding carboxylic acids is 1. The lowest BCUT2D eigenvalue weighted by Crippen LogP contribution is -2.42. The average Bonchev–Trinajstić information content (AvgIpc) is 3.49. The number of nitrogens with zero attached hydrogens (tertiary/aromatic N) is 6. The molecule has 2 aromatic heterocycles. The maximum atomic E-state index is 13.1. The summed E-state index contributed by atoms with van der Waals surface area (Å²) in [5, 5.41) is 9.60. The Morgan fingerprint density at radius 3 is 2.61 bits per heavy atom. The van der Waals surface area contributed by atoms with Crippen LogP contribution in [0.5, 0.6) is 0 Å². The fraction of sp³-hybridized carbons (Fsp3) is 0.500. The van der Waals surface area contributed by atoms with E-state index >= 15 is 0 Å². The SMILES string of the molecule is CN1CCC(=O)N2CCC3(CCN(CC3)c3cc(NSC4CC4)ccc3-c3nnc(o3)-c3ccnc1c3)C2. The lowest BCUT2D eigenvalue weighted by molar-refractivity contribution is -0.130. The largest absolute Gasteiger partial charge is 0.416 e. The molecule has 1 saturated carbocycles. The second-order valence-corrected chi connectivity index (χ2v) is 12.3. The van der Waals surface area contributed by atoms with E-state index in [-0.39, 0.29) is 11.3 Å². The Labute approximate surface area is 227 Å². The van der Waals surface area contributed by atoms with Crippen molar-refractivity contribution in [2.45, 2.75) is 43.8 Å². The van der Waals surface area contributed by atoms with Gasteiger partial charge in [-0.05, 0) is 79.8 Å². The predicted molar refractivity (Wildman–Crippen MR) is 150 cm³/mol. The van der Waals surface area contributed by atoms with Crippen LogP contribution in [-0.4, -0.2) is 71.0 Å². The Morgan fingerprint density at radius 1 is 1.00 bits per heavy atom. The minimum Gasteiger partial charge on any atom is -0.416 e. The molecule has 1 N–H and O–H groups in total. The first-order chi connectivity index (χ1) is 18.6. The molecule has 1 spiro atoms. The van der Waals surface area contributed by atoms with E-state index in [0.29, 0.717) is 24.7 Å². The molecular weight excluding hydrogens is 498 g/mol. The second-order valence-electron chi connectivity index (χ2n) is 11.2. The molecule has 4 aliphatic heterocycles. The molecule has 1 aromatic carbocycles. The summed E-state index contributed by atoms with van der Waals surface area (Å²) in [4.78, 5) is 24.2. The third-order valence-corrected chi connectivity index (χ3v) is 9.68. The molecule has 3 fully saturated rings. The molecule has 3 aromatic rings. The van der Waals surface area contributed by atoms with E-state index in [2.05, 4.69) is 47.9 Å². The molecule has 0 radical (unpaired) electrons. The molecule has 0 unspecified atom stereocenters. The Kier molecular flexibility index (Phi) is 5.94. The number of hydrogen-bond acceptors (Lipinski definition) is 9. The molecule has 1 aliphatic carbocycles. The van der Waals surface area contributed by atoms with Gasteiger partial charge in [0.15, 0.2) is 0 Å². The van der Waals surface area contributed by atoms with Crippen LogP contribution < -0.4 is 14.5 Å². The molecule has 9 nitrogen and oxygen atoms in total. The smallest absolute Gasteiger partial charge is 0.250 e. The Bertz CT molecular complexity index is 1350. The highest BCUT2D eigenvalue weighted by atomic mass is 32.2. The van der Waals surface area contributed by atoms with E-state index in [4.69, 9.17) is 4.42 Å². The zero-order valence-corrected chi connectivity index (χ0v) is 22.5. The summed E-state index contributed by atoms with van der Waals surface area (Å²) in [6.07, 6.45) is 8.05. The molecule has 198 valence electrons. The fourth-order valence-corrected chi connectivity index (χ4v) is 6.70. The standard InChI is InChI=1S/C28H33N7O2S/c1-33-12-7-25(36)35-15-10-28(18-35)8-13-34(14-9-28)23-17-20(32-38-21-3-4-21)2-5-22(23)27-31-30-26(37-27)19-6-11-29-24(33)16-19/h2,5-6,11,16-17,21,32H,3-4,7-10,12-15,18H2,1H3. The lowest BCUT2D eigenvalue weighted by Gasteiger charge is -2.41. The van der Waals surface area contributed by atoms with Gasteiger partial charge in [-0.3, -0.25) is 4.79 Å². The number of rotatable bonds is 3. The van der Waals surface area contributed by atoms with Gasteiger partial charge in [0.25, 0.3) is 0 Å². The van der Waals surface area contributed by atoms with Crippen molar-refractivity contribution in [1.29, 1.82) is 0 Å². The van der Waals surface area contributed by atoms with E-state index in [9.17, 15) is 4.79 Å². The summed E-state index contributed by atoms with van der Waals surface area (Å²) in [6.45, 7) is 4.25. The van der Waals surface area contributed by atoms with Gasteiger partial charge in [0.05, 0.1) is 11.3 Å². The number of anilines is 3. The fourth-order valence-electron chi connectivity index (χ4n) is 5.90. The number of aromatic nitrogens is 3. The molecule has 1 amide bonds. The summed E-state index contributed by atoms with van der Waals surface area (Å²) >= 11 is 1.81. The molecule has 5 aliphatic rings. The first-order valence-corrected chi connectivity index (χ1v) is 14.5. The summed E-state index contributed by atoms with van der Waals surface area (Å²) in [5.74, 6) is 2.02. The zero-order valence-electron chi connectivity index (χ0n) is 21.7. The van der Waals surface area contributed by atoms with E-state index in [1.165, 1.54) is 12.8 Å². The van der Waals surface area contributed by atoms with Gasteiger partial charge >= 0.3 is 0 Å². The third kappa shape index (κ3) is 4.59. The van der Waals surface area contributed by atoms with Crippen molar-refractivity contribution in [2.24, 2.45) is 5.41 Å². The van der Waals surface area contributed by atoms with Gasteiger partial charge in [-0.2, -0.15) is 0 Å². The van der Waals surface area contributed by atoms with Crippen LogP contribution in [0.25, 0.3) is 22.9 Å². The zero-order chi connectivity index (χ0) is 25.7. The lowest BCUT2D eigenvalue weighted by atomic mass is 9.77. The van der Waals surface area contributed by atoms with Gasteiger partial charge in [-0.1, -0.05) is 0 Å². The van der Waals surface area contributed by atoms with Crippen LogP contribution in [0.3, 0.4) is 0 Å². The van der Waals surface area contributed by atoms with Gasteiger partial charge < -0.3 is 23.8 Å². The number of pyridine rings is 1. The van der Waals surface area contributed by atoms with Crippen molar-refractivity contribution >= 4 is 35.0 Å². The minimum absolute atomic E-state index is 0.217. The molecule has 10 heteroatoms. The molecule has 38 heavy (non-hydrogen) atoms. The molecule has 6 heterocycles. The van der Waals surface area contributed by atoms with Crippen LogP contribution in [0.4, 0.5) is 17.2 Å². The van der Waals surface area contributed by atoms with Crippen LogP contribution in [0.1, 0.15) is 38.5 Å². The maximum Gasteiger partial charge on any atom is 0.250 e. The molecular formula is C28H33N7O2S. The number of amides is 1.